The fourth-order valence-electron chi connectivity index (χ4n) is 7.85. The topological polar surface area (TPSA) is 231 Å². The summed E-state index contributed by atoms with van der Waals surface area (Å²) >= 11 is 0. The van der Waals surface area contributed by atoms with E-state index in [0.29, 0.717) is 37.6 Å². The molecule has 16 nitrogen and oxygen atoms in total. The van der Waals surface area contributed by atoms with E-state index in [4.69, 9.17) is 23.1 Å². The third kappa shape index (κ3) is 27.7. The van der Waals surface area contributed by atoms with Crippen LogP contribution in [0.5, 0.6) is 11.5 Å². The lowest BCUT2D eigenvalue weighted by Gasteiger charge is -2.43. The van der Waals surface area contributed by atoms with Crippen molar-refractivity contribution in [3.05, 3.63) is 23.8 Å². The largest absolute Gasteiger partial charge is 0.490 e. The molecule has 378 valence electrons. The van der Waals surface area contributed by atoms with Gasteiger partial charge in [0.2, 0.25) is 0 Å². The number of benzene rings is 1. The first-order valence-electron chi connectivity index (χ1n) is 24.7. The fourth-order valence-corrected chi connectivity index (χ4v) is 8.67. The van der Waals surface area contributed by atoms with Crippen LogP contribution in [0.3, 0.4) is 0 Å². The van der Waals surface area contributed by atoms with Crippen molar-refractivity contribution < 1.29 is 68.0 Å². The zero-order valence-corrected chi connectivity index (χ0v) is 41.2. The normalized spacial score (nSPS) is 19.0. The van der Waals surface area contributed by atoms with Crippen molar-refractivity contribution in [1.29, 1.82) is 0 Å². The molecule has 1 unspecified atom stereocenters. The van der Waals surface area contributed by atoms with Gasteiger partial charge in [0.15, 0.2) is 23.9 Å². The summed E-state index contributed by atoms with van der Waals surface area (Å²) in [5, 5.41) is 13.7. The number of amides is 1. The van der Waals surface area contributed by atoms with Gasteiger partial charge in [0.25, 0.3) is 5.91 Å². The average molecular weight is 966 g/mol. The maximum atomic E-state index is 14.0. The third-order valence-corrected chi connectivity index (χ3v) is 12.4. The van der Waals surface area contributed by atoms with Gasteiger partial charge in [0.05, 0.1) is 19.8 Å². The number of carbonyl (C=O) groups is 2. The number of carbonyl (C=O) groups excluding carboxylic acids is 2. The van der Waals surface area contributed by atoms with Gasteiger partial charge in [-0.15, -0.1) is 0 Å². The molecule has 1 saturated heterocycles. The van der Waals surface area contributed by atoms with E-state index in [1.165, 1.54) is 102 Å². The Morgan fingerprint density at radius 1 is 0.600 bits per heavy atom. The average Bonchev–Trinajstić information content (AvgIpc) is 3.25. The summed E-state index contributed by atoms with van der Waals surface area (Å²) in [5.41, 5.74) is 0.0534. The molecule has 2 rings (SSSR count). The second-order valence-electron chi connectivity index (χ2n) is 17.3. The molecule has 65 heavy (non-hydrogen) atoms. The SMILES string of the molecule is CCCCCCCCCCCCCC(=O)O[C@H]1[C@H](OS(=O)(=O)O)[C@@H](COS(=O)(=O)O)OC(O)[C@@H]1NC(=O)c1ccc(OCCCCCCCCCC)c(OCCCCCCCCCC)c1. The van der Waals surface area contributed by atoms with E-state index in [1.807, 2.05) is 0 Å². The molecule has 1 aromatic carbocycles. The molecule has 0 radical (unpaired) electrons. The van der Waals surface area contributed by atoms with Crippen molar-refractivity contribution in [3.8, 4) is 11.5 Å². The van der Waals surface area contributed by atoms with Crippen molar-refractivity contribution in [2.45, 2.75) is 231 Å². The molecular formula is C47H83NO15S2. The lowest BCUT2D eigenvalue weighted by molar-refractivity contribution is -0.251. The van der Waals surface area contributed by atoms with Gasteiger partial charge in [-0.1, -0.05) is 175 Å². The Morgan fingerprint density at radius 2 is 1.05 bits per heavy atom. The molecular weight excluding hydrogens is 883 g/mol. The highest BCUT2D eigenvalue weighted by molar-refractivity contribution is 7.81. The zero-order valence-electron chi connectivity index (χ0n) is 39.6. The third-order valence-electron chi connectivity index (χ3n) is 11.5. The van der Waals surface area contributed by atoms with Crippen LogP contribution >= 0.6 is 0 Å². The summed E-state index contributed by atoms with van der Waals surface area (Å²) in [5.74, 6) is -0.880. The molecule has 1 heterocycles. The van der Waals surface area contributed by atoms with Crippen LogP contribution in [0.15, 0.2) is 18.2 Å². The Hall–Kier alpha value is -2.58. The van der Waals surface area contributed by atoms with Crippen LogP contribution in [0, 0.1) is 0 Å². The summed E-state index contributed by atoms with van der Waals surface area (Å²) in [6.07, 6.45) is 21.3. The molecule has 4 N–H and O–H groups in total. The van der Waals surface area contributed by atoms with E-state index >= 15 is 0 Å². The summed E-state index contributed by atoms with van der Waals surface area (Å²) in [6, 6.07) is 2.87. The smallest absolute Gasteiger partial charge is 0.397 e. The van der Waals surface area contributed by atoms with Gasteiger partial charge in [-0.25, -0.2) is 8.37 Å². The highest BCUT2D eigenvalue weighted by Gasteiger charge is 2.51. The van der Waals surface area contributed by atoms with Crippen molar-refractivity contribution in [3.63, 3.8) is 0 Å². The summed E-state index contributed by atoms with van der Waals surface area (Å²) in [4.78, 5) is 27.3. The molecule has 1 aliphatic rings. The van der Waals surface area contributed by atoms with E-state index in [0.717, 1.165) is 70.6 Å². The number of nitrogens with one attached hydrogen (secondary N) is 1. The van der Waals surface area contributed by atoms with Crippen LogP contribution in [-0.4, -0.2) is 93.4 Å². The van der Waals surface area contributed by atoms with Gasteiger partial charge in [0.1, 0.15) is 18.2 Å². The van der Waals surface area contributed by atoms with Gasteiger partial charge in [-0.05, 0) is 37.5 Å². The number of hydrogen-bond acceptors (Lipinski definition) is 13. The number of unbranched alkanes of at least 4 members (excludes halogenated alkanes) is 24. The molecule has 1 aromatic rings. The highest BCUT2D eigenvalue weighted by Crippen LogP contribution is 2.31. The number of rotatable bonds is 40. The second kappa shape index (κ2) is 34.7. The van der Waals surface area contributed by atoms with Gasteiger partial charge in [-0.3, -0.25) is 18.7 Å². The maximum absolute atomic E-state index is 14.0. The molecule has 5 atom stereocenters. The van der Waals surface area contributed by atoms with Crippen molar-refractivity contribution in [2.75, 3.05) is 19.8 Å². The first-order chi connectivity index (χ1) is 31.2. The number of esters is 1. The van der Waals surface area contributed by atoms with Crippen LogP contribution in [0.25, 0.3) is 0 Å². The van der Waals surface area contributed by atoms with Crippen LogP contribution in [0.1, 0.15) is 211 Å². The summed E-state index contributed by atoms with van der Waals surface area (Å²) in [7, 11) is -10.5. The van der Waals surface area contributed by atoms with E-state index in [2.05, 4.69) is 30.3 Å². The number of ether oxygens (including phenoxy) is 4. The summed E-state index contributed by atoms with van der Waals surface area (Å²) < 4.78 is 98.7. The predicted molar refractivity (Wildman–Crippen MR) is 250 cm³/mol. The Labute approximate surface area is 390 Å². The predicted octanol–water partition coefficient (Wildman–Crippen LogP) is 10.2. The molecule has 1 fully saturated rings. The molecule has 0 saturated carbocycles. The maximum Gasteiger partial charge on any atom is 0.397 e. The molecule has 1 aliphatic heterocycles. The molecule has 0 bridgehead atoms. The van der Waals surface area contributed by atoms with Crippen molar-refractivity contribution in [1.82, 2.24) is 5.32 Å². The molecule has 0 aromatic heterocycles. The minimum Gasteiger partial charge on any atom is -0.490 e. The first kappa shape index (κ1) is 58.5. The number of hydrogen-bond donors (Lipinski definition) is 4. The van der Waals surface area contributed by atoms with Gasteiger partial charge < -0.3 is 29.4 Å². The molecule has 1 amide bonds. The van der Waals surface area contributed by atoms with Gasteiger partial charge in [-0.2, -0.15) is 16.8 Å². The number of aliphatic hydroxyl groups is 1. The monoisotopic (exact) mass is 966 g/mol. The Kier molecular flexibility index (Phi) is 31.2. The minimum absolute atomic E-state index is 0.0534. The van der Waals surface area contributed by atoms with E-state index in [9.17, 15) is 40.6 Å². The quantitative estimate of drug-likeness (QED) is 0.0272. The Bertz CT molecular complexity index is 1650. The van der Waals surface area contributed by atoms with Crippen LogP contribution in [0.2, 0.25) is 0 Å². The van der Waals surface area contributed by atoms with E-state index < -0.39 is 69.9 Å². The molecule has 18 heteroatoms. The highest BCUT2D eigenvalue weighted by atomic mass is 32.3. The van der Waals surface area contributed by atoms with E-state index in [1.54, 1.807) is 6.07 Å². The standard InChI is InChI=1S/C47H83NO15S2/c1-4-7-10-13-16-19-20-21-22-25-28-31-42(49)62-45-43(47(51)61-41(37-60-64(52,53)54)44(45)63-65(55,56)57)48-46(50)38-32-33-39(58-34-29-26-23-17-14-11-8-5-2)40(36-38)59-35-30-27-24-18-15-12-9-6-3/h32-33,36,41,43-45,47,51H,4-31,34-35,37H2,1-3H3,(H,48,50)(H,52,53,54)(H,55,56,57)/t41-,43-,44-,45-,47?/m1/s1. The Morgan fingerprint density at radius 3 is 1.51 bits per heavy atom. The number of aliphatic hydroxyl groups excluding tert-OH is 1. The van der Waals surface area contributed by atoms with Crippen LogP contribution in [-0.2, 0) is 43.4 Å². The van der Waals surface area contributed by atoms with Crippen LogP contribution < -0.4 is 14.8 Å². The lowest BCUT2D eigenvalue weighted by Crippen LogP contribution is -2.66. The van der Waals surface area contributed by atoms with Crippen LogP contribution in [0.4, 0.5) is 0 Å². The van der Waals surface area contributed by atoms with Crippen molar-refractivity contribution >= 4 is 32.7 Å². The minimum atomic E-state index is -5.35. The molecule has 0 spiro atoms. The summed E-state index contributed by atoms with van der Waals surface area (Å²) in [6.45, 7) is 6.27. The Balaban J connectivity index is 2.24. The molecule has 0 aliphatic carbocycles. The first-order valence-corrected chi connectivity index (χ1v) is 27.4. The van der Waals surface area contributed by atoms with Crippen molar-refractivity contribution in [2.24, 2.45) is 0 Å². The zero-order chi connectivity index (χ0) is 47.8. The second-order valence-corrected chi connectivity index (χ2v) is 19.5. The van der Waals surface area contributed by atoms with Gasteiger partial charge >= 0.3 is 26.8 Å². The van der Waals surface area contributed by atoms with Gasteiger partial charge in [0, 0.05) is 12.0 Å². The van der Waals surface area contributed by atoms with E-state index in [-0.39, 0.29) is 12.0 Å². The fraction of sp³-hybridized carbons (Fsp3) is 0.830. The lowest BCUT2D eigenvalue weighted by atomic mass is 9.96.